The van der Waals surface area contributed by atoms with E-state index in [9.17, 15) is 8.42 Å². The largest absolute Gasteiger partial charge is 0.258 e. The van der Waals surface area contributed by atoms with Crippen molar-refractivity contribution >= 4 is 10.0 Å². The van der Waals surface area contributed by atoms with Gasteiger partial charge in [-0.1, -0.05) is 0 Å². The molecular formula is C10H17N3O2S. The number of nitrogens with one attached hydrogen (secondary N) is 1. The van der Waals surface area contributed by atoms with Gasteiger partial charge in [-0.25, -0.2) is 13.1 Å². The third-order valence-electron chi connectivity index (χ3n) is 2.13. The van der Waals surface area contributed by atoms with Crippen molar-refractivity contribution in [1.29, 1.82) is 0 Å². The maximum Gasteiger partial charge on any atom is 0.208 e. The van der Waals surface area contributed by atoms with E-state index in [1.165, 1.54) is 0 Å². The van der Waals surface area contributed by atoms with E-state index < -0.39 is 10.0 Å². The Morgan fingerprint density at radius 1 is 1.38 bits per heavy atom. The van der Waals surface area contributed by atoms with E-state index in [0.717, 1.165) is 36.2 Å². The van der Waals surface area contributed by atoms with Crippen LogP contribution in [0.15, 0.2) is 6.20 Å². The van der Waals surface area contributed by atoms with Crippen LogP contribution in [-0.2, 0) is 16.4 Å². The van der Waals surface area contributed by atoms with Crippen molar-refractivity contribution in [3.8, 4) is 0 Å². The van der Waals surface area contributed by atoms with Crippen molar-refractivity contribution in [3.63, 3.8) is 0 Å². The summed E-state index contributed by atoms with van der Waals surface area (Å²) in [5.74, 6) is 0. The Hall–Kier alpha value is -1.01. The molecular weight excluding hydrogens is 226 g/mol. The lowest BCUT2D eigenvalue weighted by Crippen LogP contribution is -2.23. The van der Waals surface area contributed by atoms with Crippen molar-refractivity contribution < 1.29 is 8.42 Å². The van der Waals surface area contributed by atoms with Gasteiger partial charge in [-0.05, 0) is 26.7 Å². The van der Waals surface area contributed by atoms with Crippen LogP contribution in [0.1, 0.15) is 23.5 Å². The second-order valence-corrected chi connectivity index (χ2v) is 5.65. The van der Waals surface area contributed by atoms with Gasteiger partial charge < -0.3 is 0 Å². The first-order valence-electron chi connectivity index (χ1n) is 5.12. The number of aryl methyl sites for hydroxylation is 3. The molecule has 1 N–H and O–H groups in total. The second-order valence-electron chi connectivity index (χ2n) is 3.81. The molecule has 0 fully saturated rings. The maximum atomic E-state index is 10.8. The molecule has 0 aliphatic carbocycles. The minimum Gasteiger partial charge on any atom is -0.258 e. The minimum absolute atomic E-state index is 0.438. The third-order valence-corrected chi connectivity index (χ3v) is 2.86. The van der Waals surface area contributed by atoms with Gasteiger partial charge in [0.2, 0.25) is 10.0 Å². The molecule has 0 bridgehead atoms. The van der Waals surface area contributed by atoms with E-state index >= 15 is 0 Å². The van der Waals surface area contributed by atoms with Gasteiger partial charge in [0.05, 0.1) is 23.3 Å². The van der Waals surface area contributed by atoms with Crippen LogP contribution >= 0.6 is 0 Å². The molecule has 0 radical (unpaired) electrons. The Labute approximate surface area is 96.4 Å². The van der Waals surface area contributed by atoms with Gasteiger partial charge in [0.1, 0.15) is 0 Å². The fourth-order valence-corrected chi connectivity index (χ4v) is 1.85. The van der Waals surface area contributed by atoms with E-state index in [1.54, 1.807) is 6.20 Å². The van der Waals surface area contributed by atoms with Crippen molar-refractivity contribution in [2.75, 3.05) is 12.8 Å². The average molecular weight is 243 g/mol. The zero-order chi connectivity index (χ0) is 12.2. The van der Waals surface area contributed by atoms with Crippen molar-refractivity contribution in [3.05, 3.63) is 23.3 Å². The Balaban J connectivity index is 2.46. The molecule has 1 aromatic rings. The Morgan fingerprint density at radius 3 is 2.69 bits per heavy atom. The number of aromatic nitrogens is 2. The first-order valence-corrected chi connectivity index (χ1v) is 7.01. The van der Waals surface area contributed by atoms with Gasteiger partial charge in [-0.3, -0.25) is 9.97 Å². The normalized spacial score (nSPS) is 11.7. The molecule has 16 heavy (non-hydrogen) atoms. The van der Waals surface area contributed by atoms with E-state index in [0.29, 0.717) is 6.54 Å². The summed E-state index contributed by atoms with van der Waals surface area (Å²) in [6, 6.07) is 0. The number of rotatable bonds is 5. The van der Waals surface area contributed by atoms with Crippen LogP contribution in [0.4, 0.5) is 0 Å². The maximum absolute atomic E-state index is 10.8. The lowest BCUT2D eigenvalue weighted by molar-refractivity contribution is 0.584. The number of hydrogen-bond donors (Lipinski definition) is 1. The van der Waals surface area contributed by atoms with Crippen LogP contribution in [-0.4, -0.2) is 31.2 Å². The average Bonchev–Trinajstić information content (AvgIpc) is 2.16. The molecule has 90 valence electrons. The van der Waals surface area contributed by atoms with Gasteiger partial charge >= 0.3 is 0 Å². The Kier molecular flexibility index (Phi) is 4.37. The fourth-order valence-electron chi connectivity index (χ4n) is 1.34. The standard InChI is InChI=1S/C10H17N3O2S/c1-8-7-11-9(2)10(13-8)5-4-6-12-16(3,14)15/h7,12H,4-6H2,1-3H3. The zero-order valence-electron chi connectivity index (χ0n) is 9.82. The first-order chi connectivity index (χ1) is 7.38. The molecule has 1 rings (SSSR count). The quantitative estimate of drug-likeness (QED) is 0.768. The van der Waals surface area contributed by atoms with Crippen LogP contribution in [0.3, 0.4) is 0 Å². The highest BCUT2D eigenvalue weighted by Crippen LogP contribution is 2.04. The molecule has 1 heterocycles. The topological polar surface area (TPSA) is 72.0 Å². The lowest BCUT2D eigenvalue weighted by atomic mass is 10.2. The molecule has 0 saturated heterocycles. The molecule has 0 aromatic carbocycles. The van der Waals surface area contributed by atoms with Crippen LogP contribution in [0.2, 0.25) is 0 Å². The zero-order valence-corrected chi connectivity index (χ0v) is 10.6. The molecule has 0 aliphatic heterocycles. The van der Waals surface area contributed by atoms with E-state index in [-0.39, 0.29) is 0 Å². The molecule has 0 saturated carbocycles. The Bertz CT molecular complexity index is 457. The van der Waals surface area contributed by atoms with Crippen LogP contribution in [0.25, 0.3) is 0 Å². The number of hydrogen-bond acceptors (Lipinski definition) is 4. The summed E-state index contributed by atoms with van der Waals surface area (Å²) < 4.78 is 24.1. The smallest absolute Gasteiger partial charge is 0.208 e. The molecule has 5 nitrogen and oxygen atoms in total. The highest BCUT2D eigenvalue weighted by atomic mass is 32.2. The van der Waals surface area contributed by atoms with Gasteiger partial charge in [0, 0.05) is 12.7 Å². The van der Waals surface area contributed by atoms with Crippen molar-refractivity contribution in [1.82, 2.24) is 14.7 Å². The van der Waals surface area contributed by atoms with Gasteiger partial charge in [0.25, 0.3) is 0 Å². The summed E-state index contributed by atoms with van der Waals surface area (Å²) in [4.78, 5) is 8.57. The molecule has 0 aliphatic rings. The fraction of sp³-hybridized carbons (Fsp3) is 0.600. The van der Waals surface area contributed by atoms with Crippen molar-refractivity contribution in [2.45, 2.75) is 26.7 Å². The van der Waals surface area contributed by atoms with Crippen LogP contribution in [0.5, 0.6) is 0 Å². The third kappa shape index (κ3) is 4.67. The summed E-state index contributed by atoms with van der Waals surface area (Å²) in [6.45, 7) is 4.24. The molecule has 6 heteroatoms. The summed E-state index contributed by atoms with van der Waals surface area (Å²) in [6.07, 6.45) is 4.35. The monoisotopic (exact) mass is 243 g/mol. The molecule has 1 aromatic heterocycles. The second kappa shape index (κ2) is 5.36. The van der Waals surface area contributed by atoms with Gasteiger partial charge in [-0.2, -0.15) is 0 Å². The van der Waals surface area contributed by atoms with E-state index in [2.05, 4.69) is 14.7 Å². The highest BCUT2D eigenvalue weighted by molar-refractivity contribution is 7.88. The summed E-state index contributed by atoms with van der Waals surface area (Å²) in [5.41, 5.74) is 2.73. The summed E-state index contributed by atoms with van der Waals surface area (Å²) in [5, 5.41) is 0. The lowest BCUT2D eigenvalue weighted by Gasteiger charge is -2.05. The summed E-state index contributed by atoms with van der Waals surface area (Å²) in [7, 11) is -3.08. The van der Waals surface area contributed by atoms with E-state index in [1.807, 2.05) is 13.8 Å². The van der Waals surface area contributed by atoms with Gasteiger partial charge in [0.15, 0.2) is 0 Å². The number of nitrogens with zero attached hydrogens (tertiary/aromatic N) is 2. The first kappa shape index (κ1) is 13.1. The molecule has 0 amide bonds. The van der Waals surface area contributed by atoms with Crippen LogP contribution < -0.4 is 4.72 Å². The SMILES string of the molecule is Cc1cnc(C)c(CCCNS(C)(=O)=O)n1. The van der Waals surface area contributed by atoms with Gasteiger partial charge in [-0.15, -0.1) is 0 Å². The van der Waals surface area contributed by atoms with Crippen LogP contribution in [0, 0.1) is 13.8 Å². The molecule has 0 spiro atoms. The number of sulfonamides is 1. The van der Waals surface area contributed by atoms with E-state index in [4.69, 9.17) is 0 Å². The predicted molar refractivity (Wildman–Crippen MR) is 62.7 cm³/mol. The molecule has 0 atom stereocenters. The predicted octanol–water partition coefficient (Wildman–Crippen LogP) is 0.575. The Morgan fingerprint density at radius 2 is 2.06 bits per heavy atom. The van der Waals surface area contributed by atoms with Crippen molar-refractivity contribution in [2.24, 2.45) is 0 Å². The minimum atomic E-state index is -3.08. The summed E-state index contributed by atoms with van der Waals surface area (Å²) >= 11 is 0. The highest BCUT2D eigenvalue weighted by Gasteiger charge is 2.03. The molecule has 0 unspecified atom stereocenters.